The maximum atomic E-state index is 12.9. The zero-order valence-corrected chi connectivity index (χ0v) is 12.2. The molecule has 3 nitrogen and oxygen atoms in total. The number of hydrogen-bond acceptors (Lipinski definition) is 4. The predicted molar refractivity (Wildman–Crippen MR) is 81.0 cm³/mol. The van der Waals surface area contributed by atoms with Gasteiger partial charge in [-0.3, -0.25) is 4.79 Å². The van der Waals surface area contributed by atoms with Gasteiger partial charge in [-0.2, -0.15) is 0 Å². The lowest BCUT2D eigenvalue weighted by Gasteiger charge is -2.36. The van der Waals surface area contributed by atoms with Crippen molar-refractivity contribution >= 4 is 17.1 Å². The Bertz CT molecular complexity index is 559. The number of hydrogen-bond donors (Lipinski definition) is 1. The van der Waals surface area contributed by atoms with Crippen molar-refractivity contribution in [2.75, 3.05) is 13.1 Å². The van der Waals surface area contributed by atoms with Crippen LogP contribution < -0.4 is 5.32 Å². The number of carbonyl (C=O) groups is 1. The van der Waals surface area contributed by atoms with E-state index in [1.807, 2.05) is 23.6 Å². The Kier molecular flexibility index (Phi) is 3.94. The first-order valence-corrected chi connectivity index (χ1v) is 7.87. The van der Waals surface area contributed by atoms with Gasteiger partial charge in [0.15, 0.2) is 0 Å². The fourth-order valence-corrected chi connectivity index (χ4v) is 3.60. The normalized spacial score (nSPS) is 17.8. The van der Waals surface area contributed by atoms with Gasteiger partial charge in [-0.15, -0.1) is 11.3 Å². The van der Waals surface area contributed by atoms with Crippen molar-refractivity contribution < 1.29 is 4.79 Å². The molecule has 0 bridgehead atoms. The summed E-state index contributed by atoms with van der Waals surface area (Å²) in [7, 11) is 0. The SMILES string of the molecule is O=C(Cc1nccs1)C1(c2ccccc2)CCNCC1. The molecule has 0 spiro atoms. The number of rotatable bonds is 4. The van der Waals surface area contributed by atoms with Crippen LogP contribution in [0.2, 0.25) is 0 Å². The van der Waals surface area contributed by atoms with E-state index >= 15 is 0 Å². The lowest BCUT2D eigenvalue weighted by atomic mass is 9.69. The first-order chi connectivity index (χ1) is 9.81. The number of benzene rings is 1. The highest BCUT2D eigenvalue weighted by Crippen LogP contribution is 2.35. The molecule has 1 saturated heterocycles. The molecule has 2 aromatic rings. The van der Waals surface area contributed by atoms with E-state index in [4.69, 9.17) is 0 Å². The lowest BCUT2D eigenvalue weighted by molar-refractivity contribution is -0.125. The zero-order chi connectivity index (χ0) is 13.8. The summed E-state index contributed by atoms with van der Waals surface area (Å²) < 4.78 is 0. The van der Waals surface area contributed by atoms with Gasteiger partial charge in [0.05, 0.1) is 16.8 Å². The first kappa shape index (κ1) is 13.5. The smallest absolute Gasteiger partial charge is 0.150 e. The number of Topliss-reactive ketones (excluding diaryl/α,β-unsaturated/α-hetero) is 1. The number of piperidine rings is 1. The number of ketones is 1. The summed E-state index contributed by atoms with van der Waals surface area (Å²) in [5.41, 5.74) is 0.820. The highest BCUT2D eigenvalue weighted by atomic mass is 32.1. The molecule has 104 valence electrons. The molecule has 1 aromatic heterocycles. The first-order valence-electron chi connectivity index (χ1n) is 6.99. The van der Waals surface area contributed by atoms with Crippen molar-refractivity contribution in [3.63, 3.8) is 0 Å². The monoisotopic (exact) mass is 286 g/mol. The van der Waals surface area contributed by atoms with Crippen LogP contribution in [0.1, 0.15) is 23.4 Å². The quantitative estimate of drug-likeness (QED) is 0.939. The lowest BCUT2D eigenvalue weighted by Crippen LogP contribution is -2.46. The highest BCUT2D eigenvalue weighted by molar-refractivity contribution is 7.09. The summed E-state index contributed by atoms with van der Waals surface area (Å²) in [5, 5.41) is 6.21. The topological polar surface area (TPSA) is 42.0 Å². The third-order valence-electron chi connectivity index (χ3n) is 4.11. The van der Waals surface area contributed by atoms with E-state index in [9.17, 15) is 4.79 Å². The summed E-state index contributed by atoms with van der Waals surface area (Å²) in [5.74, 6) is 0.306. The fraction of sp³-hybridized carbons (Fsp3) is 0.375. The van der Waals surface area contributed by atoms with Crippen LogP contribution >= 0.6 is 11.3 Å². The van der Waals surface area contributed by atoms with Crippen LogP contribution in [-0.4, -0.2) is 23.9 Å². The third-order valence-corrected chi connectivity index (χ3v) is 4.89. The molecule has 0 atom stereocenters. The van der Waals surface area contributed by atoms with Crippen LogP contribution in [-0.2, 0) is 16.6 Å². The Morgan fingerprint density at radius 1 is 1.25 bits per heavy atom. The van der Waals surface area contributed by atoms with Gasteiger partial charge in [-0.25, -0.2) is 4.98 Å². The second-order valence-electron chi connectivity index (χ2n) is 5.22. The summed E-state index contributed by atoms with van der Waals surface area (Å²) in [6.07, 6.45) is 3.97. The van der Waals surface area contributed by atoms with Gasteiger partial charge in [-0.1, -0.05) is 30.3 Å². The van der Waals surface area contributed by atoms with Gasteiger partial charge in [-0.05, 0) is 31.5 Å². The van der Waals surface area contributed by atoms with Crippen LogP contribution in [0, 0.1) is 0 Å². The average molecular weight is 286 g/mol. The second-order valence-corrected chi connectivity index (χ2v) is 6.20. The molecule has 3 rings (SSSR count). The Labute approximate surface area is 123 Å². The number of nitrogens with one attached hydrogen (secondary N) is 1. The second kappa shape index (κ2) is 5.85. The minimum atomic E-state index is -0.335. The predicted octanol–water partition coefficient (Wildman–Crippen LogP) is 2.58. The fourth-order valence-electron chi connectivity index (χ4n) is 2.99. The highest BCUT2D eigenvalue weighted by Gasteiger charge is 2.40. The molecule has 0 saturated carbocycles. The van der Waals surface area contributed by atoms with Crippen molar-refractivity contribution in [2.45, 2.75) is 24.7 Å². The van der Waals surface area contributed by atoms with Crippen molar-refractivity contribution in [1.29, 1.82) is 0 Å². The molecular weight excluding hydrogens is 268 g/mol. The molecule has 1 aliphatic heterocycles. The van der Waals surface area contributed by atoms with Crippen molar-refractivity contribution in [3.05, 3.63) is 52.5 Å². The molecule has 1 N–H and O–H groups in total. The van der Waals surface area contributed by atoms with Crippen molar-refractivity contribution in [3.8, 4) is 0 Å². The number of aromatic nitrogens is 1. The standard InChI is InChI=1S/C16H18N2OS/c19-14(12-15-18-10-11-20-15)16(6-8-17-9-7-16)13-4-2-1-3-5-13/h1-5,10-11,17H,6-9,12H2. The van der Waals surface area contributed by atoms with Crippen LogP contribution in [0.4, 0.5) is 0 Å². The molecule has 0 amide bonds. The Morgan fingerprint density at radius 3 is 2.65 bits per heavy atom. The molecule has 0 aliphatic carbocycles. The van der Waals surface area contributed by atoms with Gasteiger partial charge in [0.2, 0.25) is 0 Å². The Hall–Kier alpha value is -1.52. The Balaban J connectivity index is 1.91. The number of carbonyl (C=O) groups excluding carboxylic acids is 1. The number of thiazole rings is 1. The molecule has 20 heavy (non-hydrogen) atoms. The molecule has 1 aromatic carbocycles. The molecular formula is C16H18N2OS. The minimum Gasteiger partial charge on any atom is -0.317 e. The van der Waals surface area contributed by atoms with Crippen LogP contribution in [0.5, 0.6) is 0 Å². The van der Waals surface area contributed by atoms with Gasteiger partial charge in [0.1, 0.15) is 5.78 Å². The number of nitrogens with zero attached hydrogens (tertiary/aromatic N) is 1. The molecule has 4 heteroatoms. The van der Waals surface area contributed by atoms with Gasteiger partial charge >= 0.3 is 0 Å². The molecule has 1 aliphatic rings. The van der Waals surface area contributed by atoms with Crippen molar-refractivity contribution in [1.82, 2.24) is 10.3 Å². The largest absolute Gasteiger partial charge is 0.317 e. The summed E-state index contributed by atoms with van der Waals surface area (Å²) in [4.78, 5) is 17.2. The van der Waals surface area contributed by atoms with Crippen molar-refractivity contribution in [2.24, 2.45) is 0 Å². The van der Waals surface area contributed by atoms with E-state index in [0.29, 0.717) is 12.2 Å². The van der Waals surface area contributed by atoms with E-state index < -0.39 is 0 Å². The van der Waals surface area contributed by atoms with E-state index in [1.165, 1.54) is 0 Å². The average Bonchev–Trinajstić information content (AvgIpc) is 3.02. The van der Waals surface area contributed by atoms with Crippen LogP contribution in [0.25, 0.3) is 0 Å². The maximum absolute atomic E-state index is 12.9. The van der Waals surface area contributed by atoms with Gasteiger partial charge in [0, 0.05) is 11.6 Å². The minimum absolute atomic E-state index is 0.306. The van der Waals surface area contributed by atoms with Gasteiger partial charge in [0.25, 0.3) is 0 Å². The van der Waals surface area contributed by atoms with E-state index in [0.717, 1.165) is 36.5 Å². The summed E-state index contributed by atoms with van der Waals surface area (Å²) in [6.45, 7) is 1.80. The van der Waals surface area contributed by atoms with E-state index in [-0.39, 0.29) is 5.41 Å². The third kappa shape index (κ3) is 2.53. The molecule has 0 unspecified atom stereocenters. The molecule has 0 radical (unpaired) electrons. The van der Waals surface area contributed by atoms with Crippen LogP contribution in [0.3, 0.4) is 0 Å². The van der Waals surface area contributed by atoms with Crippen LogP contribution in [0.15, 0.2) is 41.9 Å². The summed E-state index contributed by atoms with van der Waals surface area (Å²) >= 11 is 1.56. The van der Waals surface area contributed by atoms with E-state index in [2.05, 4.69) is 22.4 Å². The molecule has 2 heterocycles. The summed E-state index contributed by atoms with van der Waals surface area (Å²) in [6, 6.07) is 10.2. The Morgan fingerprint density at radius 2 is 2.00 bits per heavy atom. The maximum Gasteiger partial charge on any atom is 0.150 e. The molecule has 1 fully saturated rings. The van der Waals surface area contributed by atoms with Gasteiger partial charge < -0.3 is 5.32 Å². The van der Waals surface area contributed by atoms with E-state index in [1.54, 1.807) is 17.5 Å². The zero-order valence-electron chi connectivity index (χ0n) is 11.3.